The van der Waals surface area contributed by atoms with Gasteiger partial charge in [0.2, 0.25) is 0 Å². The zero-order valence-corrected chi connectivity index (χ0v) is 11.5. The summed E-state index contributed by atoms with van der Waals surface area (Å²) in [6.45, 7) is 3.12. The Morgan fingerprint density at radius 2 is 1.83 bits per heavy atom. The molecule has 0 aliphatic carbocycles. The number of ether oxygens (including phenoxy) is 1. The highest BCUT2D eigenvalue weighted by Crippen LogP contribution is 2.20. The first-order chi connectivity index (χ1) is 8.77. The molecule has 0 aliphatic heterocycles. The minimum atomic E-state index is -0.314. The predicted octanol–water partition coefficient (Wildman–Crippen LogP) is 4.61. The second kappa shape index (κ2) is 8.78. The van der Waals surface area contributed by atoms with Crippen molar-refractivity contribution in [2.75, 3.05) is 19.0 Å². The highest BCUT2D eigenvalue weighted by Gasteiger charge is 2.02. The van der Waals surface area contributed by atoms with Gasteiger partial charge in [-0.3, -0.25) is 0 Å². The fraction of sp³-hybridized carbons (Fsp3) is 0.600. The predicted molar refractivity (Wildman–Crippen MR) is 74.8 cm³/mol. The molecule has 3 heteroatoms. The number of unbranched alkanes of at least 4 members (excludes halogenated alkanes) is 5. The Kier molecular flexibility index (Phi) is 7.23. The van der Waals surface area contributed by atoms with Crippen molar-refractivity contribution in [3.63, 3.8) is 0 Å². The summed E-state index contributed by atoms with van der Waals surface area (Å²) in [5, 5.41) is 3.23. The van der Waals surface area contributed by atoms with Gasteiger partial charge >= 0.3 is 0 Å². The Labute approximate surface area is 110 Å². The number of hydrogen-bond acceptors (Lipinski definition) is 2. The van der Waals surface area contributed by atoms with Crippen LogP contribution < -0.4 is 10.1 Å². The van der Waals surface area contributed by atoms with Crippen molar-refractivity contribution < 1.29 is 9.13 Å². The molecule has 1 N–H and O–H groups in total. The van der Waals surface area contributed by atoms with Crippen LogP contribution in [0.25, 0.3) is 0 Å². The van der Waals surface area contributed by atoms with Crippen LogP contribution in [0.2, 0.25) is 0 Å². The molecule has 0 spiro atoms. The molecule has 1 rings (SSSR count). The topological polar surface area (TPSA) is 21.3 Å². The Hall–Kier alpha value is -1.25. The second-order valence-electron chi connectivity index (χ2n) is 4.54. The molecule has 0 aliphatic rings. The van der Waals surface area contributed by atoms with E-state index < -0.39 is 0 Å². The van der Waals surface area contributed by atoms with Crippen molar-refractivity contribution in [1.82, 2.24) is 0 Å². The van der Waals surface area contributed by atoms with Crippen LogP contribution >= 0.6 is 0 Å². The lowest BCUT2D eigenvalue weighted by atomic mass is 10.1. The maximum absolute atomic E-state index is 13.4. The lowest BCUT2D eigenvalue weighted by molar-refractivity contribution is 0.386. The van der Waals surface area contributed by atoms with E-state index >= 15 is 0 Å². The molecular weight excluding hydrogens is 229 g/mol. The van der Waals surface area contributed by atoms with Crippen molar-refractivity contribution in [3.05, 3.63) is 24.0 Å². The van der Waals surface area contributed by atoms with E-state index in [-0.39, 0.29) is 5.82 Å². The first-order valence-electron chi connectivity index (χ1n) is 6.85. The van der Waals surface area contributed by atoms with Gasteiger partial charge in [-0.2, -0.15) is 0 Å². The van der Waals surface area contributed by atoms with Gasteiger partial charge in [0, 0.05) is 18.3 Å². The molecule has 18 heavy (non-hydrogen) atoms. The molecule has 102 valence electrons. The molecule has 0 atom stereocenters. The normalized spacial score (nSPS) is 10.4. The minimum absolute atomic E-state index is 0.292. The van der Waals surface area contributed by atoms with Gasteiger partial charge in [-0.15, -0.1) is 0 Å². The molecule has 1 aromatic carbocycles. The first-order valence-corrected chi connectivity index (χ1v) is 6.85. The van der Waals surface area contributed by atoms with E-state index in [2.05, 4.69) is 12.2 Å². The van der Waals surface area contributed by atoms with E-state index in [0.717, 1.165) is 18.7 Å². The number of methoxy groups -OCH3 is 1. The monoisotopic (exact) mass is 253 g/mol. The summed E-state index contributed by atoms with van der Waals surface area (Å²) >= 11 is 0. The Morgan fingerprint density at radius 1 is 1.11 bits per heavy atom. The molecule has 0 bridgehead atoms. The fourth-order valence-electron chi connectivity index (χ4n) is 1.91. The molecule has 0 unspecified atom stereocenters. The Morgan fingerprint density at radius 3 is 2.50 bits per heavy atom. The van der Waals surface area contributed by atoms with Gasteiger partial charge < -0.3 is 10.1 Å². The minimum Gasteiger partial charge on any atom is -0.494 e. The summed E-state index contributed by atoms with van der Waals surface area (Å²) < 4.78 is 18.3. The zero-order valence-electron chi connectivity index (χ0n) is 11.5. The SMILES string of the molecule is CCCCCCCCNc1ccc(OC)c(F)c1. The average Bonchev–Trinajstić information content (AvgIpc) is 2.38. The summed E-state index contributed by atoms with van der Waals surface area (Å²) in [7, 11) is 1.47. The highest BCUT2D eigenvalue weighted by molar-refractivity contribution is 5.47. The summed E-state index contributed by atoms with van der Waals surface area (Å²) in [5.41, 5.74) is 0.821. The highest BCUT2D eigenvalue weighted by atomic mass is 19.1. The van der Waals surface area contributed by atoms with Crippen molar-refractivity contribution in [1.29, 1.82) is 0 Å². The Balaban J connectivity index is 2.17. The van der Waals surface area contributed by atoms with Crippen LogP contribution in [0.4, 0.5) is 10.1 Å². The second-order valence-corrected chi connectivity index (χ2v) is 4.54. The van der Waals surface area contributed by atoms with E-state index in [1.807, 2.05) is 6.07 Å². The van der Waals surface area contributed by atoms with Crippen LogP contribution in [-0.4, -0.2) is 13.7 Å². The average molecular weight is 253 g/mol. The summed E-state index contributed by atoms with van der Waals surface area (Å²) in [6.07, 6.45) is 7.61. The van der Waals surface area contributed by atoms with Gasteiger partial charge in [0.05, 0.1) is 7.11 Å². The molecular formula is C15H24FNO. The van der Waals surface area contributed by atoms with Gasteiger partial charge in [0.1, 0.15) is 0 Å². The van der Waals surface area contributed by atoms with Gasteiger partial charge in [0.25, 0.3) is 0 Å². The molecule has 0 saturated carbocycles. The quantitative estimate of drug-likeness (QED) is 0.649. The van der Waals surface area contributed by atoms with Gasteiger partial charge in [0.15, 0.2) is 11.6 Å². The number of rotatable bonds is 9. The Bertz CT molecular complexity index is 341. The smallest absolute Gasteiger partial charge is 0.167 e. The number of benzene rings is 1. The maximum atomic E-state index is 13.4. The molecule has 0 fully saturated rings. The van der Waals surface area contributed by atoms with Crippen molar-refractivity contribution in [2.24, 2.45) is 0 Å². The lowest BCUT2D eigenvalue weighted by Crippen LogP contribution is -2.02. The van der Waals surface area contributed by atoms with E-state index in [0.29, 0.717) is 5.75 Å². The standard InChI is InChI=1S/C15H24FNO/c1-3-4-5-6-7-8-11-17-13-9-10-15(18-2)14(16)12-13/h9-10,12,17H,3-8,11H2,1-2H3. The molecule has 1 aromatic rings. The lowest BCUT2D eigenvalue weighted by Gasteiger charge is -2.08. The van der Waals surface area contributed by atoms with E-state index in [9.17, 15) is 4.39 Å². The van der Waals surface area contributed by atoms with Crippen molar-refractivity contribution in [2.45, 2.75) is 45.4 Å². The van der Waals surface area contributed by atoms with Crippen LogP contribution in [0.1, 0.15) is 45.4 Å². The molecule has 0 aromatic heterocycles. The van der Waals surface area contributed by atoms with Crippen LogP contribution in [0.15, 0.2) is 18.2 Å². The summed E-state index contributed by atoms with van der Waals surface area (Å²) in [4.78, 5) is 0. The molecule has 0 saturated heterocycles. The fourth-order valence-corrected chi connectivity index (χ4v) is 1.91. The van der Waals surface area contributed by atoms with Crippen LogP contribution in [0, 0.1) is 5.82 Å². The maximum Gasteiger partial charge on any atom is 0.167 e. The molecule has 2 nitrogen and oxygen atoms in total. The largest absolute Gasteiger partial charge is 0.494 e. The van der Waals surface area contributed by atoms with Gasteiger partial charge in [-0.05, 0) is 18.6 Å². The van der Waals surface area contributed by atoms with Gasteiger partial charge in [-0.25, -0.2) is 4.39 Å². The van der Waals surface area contributed by atoms with E-state index in [1.165, 1.54) is 45.3 Å². The number of nitrogens with one attached hydrogen (secondary N) is 1. The number of anilines is 1. The molecule has 0 amide bonds. The molecule has 0 radical (unpaired) electrons. The molecule has 0 heterocycles. The van der Waals surface area contributed by atoms with Crippen LogP contribution in [0.3, 0.4) is 0 Å². The third-order valence-corrected chi connectivity index (χ3v) is 3.01. The zero-order chi connectivity index (χ0) is 13.2. The van der Waals surface area contributed by atoms with Crippen LogP contribution in [0.5, 0.6) is 5.75 Å². The van der Waals surface area contributed by atoms with Crippen molar-refractivity contribution >= 4 is 5.69 Å². The first kappa shape index (κ1) is 14.8. The number of halogens is 1. The number of hydrogen-bond donors (Lipinski definition) is 1. The summed E-state index contributed by atoms with van der Waals surface area (Å²) in [5.74, 6) is -0.0226. The van der Waals surface area contributed by atoms with E-state index in [4.69, 9.17) is 4.74 Å². The van der Waals surface area contributed by atoms with Crippen molar-refractivity contribution in [3.8, 4) is 5.75 Å². The van der Waals surface area contributed by atoms with Gasteiger partial charge in [-0.1, -0.05) is 39.0 Å². The third kappa shape index (κ3) is 5.39. The van der Waals surface area contributed by atoms with Crippen LogP contribution in [-0.2, 0) is 0 Å². The third-order valence-electron chi connectivity index (χ3n) is 3.01. The van der Waals surface area contributed by atoms with E-state index in [1.54, 1.807) is 6.07 Å². The summed E-state index contributed by atoms with van der Waals surface area (Å²) in [6, 6.07) is 4.98.